The van der Waals surface area contributed by atoms with Crippen LogP contribution in [-0.2, 0) is 24.1 Å². The van der Waals surface area contributed by atoms with Gasteiger partial charge in [-0.05, 0) is 35.9 Å². The van der Waals surface area contributed by atoms with E-state index in [-0.39, 0.29) is 12.2 Å². The lowest BCUT2D eigenvalue weighted by Gasteiger charge is -2.09. The average molecular weight is 426 g/mol. The first kappa shape index (κ1) is 20.4. The molecule has 2 aromatic carbocycles. The number of ether oxygens (including phenoxy) is 1. The number of nitrogens with zero attached hydrogens (tertiary/aromatic N) is 4. The molecule has 0 saturated heterocycles. The van der Waals surface area contributed by atoms with Crippen molar-refractivity contribution in [2.24, 2.45) is 0 Å². The Balaban J connectivity index is 1.39. The molecule has 0 radical (unpaired) electrons. The molecule has 0 fully saturated rings. The summed E-state index contributed by atoms with van der Waals surface area (Å²) in [6.45, 7) is 0.598. The molecule has 4 rings (SSSR count). The number of rotatable bonds is 6. The summed E-state index contributed by atoms with van der Waals surface area (Å²) in [4.78, 5) is 16.6. The van der Waals surface area contributed by atoms with Crippen LogP contribution in [0.4, 0.5) is 13.2 Å². The summed E-state index contributed by atoms with van der Waals surface area (Å²) in [6, 6.07) is 16.7. The monoisotopic (exact) mass is 426 g/mol. The van der Waals surface area contributed by atoms with Gasteiger partial charge in [0.15, 0.2) is 5.69 Å². The molecule has 0 aliphatic rings. The van der Waals surface area contributed by atoms with Crippen molar-refractivity contribution in [1.82, 2.24) is 19.3 Å². The van der Waals surface area contributed by atoms with Crippen molar-refractivity contribution in [2.45, 2.75) is 19.3 Å². The summed E-state index contributed by atoms with van der Waals surface area (Å²) >= 11 is 0. The van der Waals surface area contributed by atoms with Crippen LogP contribution in [0.25, 0.3) is 5.69 Å². The molecular weight excluding hydrogens is 409 g/mol. The van der Waals surface area contributed by atoms with Gasteiger partial charge in [0.2, 0.25) is 0 Å². The molecule has 0 spiro atoms. The van der Waals surface area contributed by atoms with Crippen molar-refractivity contribution in [3.63, 3.8) is 0 Å². The molecule has 0 N–H and O–H groups in total. The van der Waals surface area contributed by atoms with Crippen molar-refractivity contribution in [2.75, 3.05) is 0 Å². The van der Waals surface area contributed by atoms with Crippen molar-refractivity contribution in [3.8, 4) is 5.69 Å². The van der Waals surface area contributed by atoms with Gasteiger partial charge in [-0.1, -0.05) is 30.3 Å². The van der Waals surface area contributed by atoms with Gasteiger partial charge < -0.3 is 9.30 Å². The molecule has 0 saturated carbocycles. The van der Waals surface area contributed by atoms with Crippen LogP contribution in [0.1, 0.15) is 27.4 Å². The molecular formula is C22H17F3N4O2. The minimum absolute atomic E-state index is 0.00544. The molecule has 6 nitrogen and oxygen atoms in total. The van der Waals surface area contributed by atoms with Crippen molar-refractivity contribution in [3.05, 3.63) is 102 Å². The van der Waals surface area contributed by atoms with Crippen LogP contribution in [0.15, 0.2) is 79.3 Å². The molecule has 2 heterocycles. The lowest BCUT2D eigenvalue weighted by atomic mass is 10.2. The highest BCUT2D eigenvalue weighted by Gasteiger charge is 2.33. The molecule has 4 aromatic rings. The van der Waals surface area contributed by atoms with Crippen LogP contribution >= 0.6 is 0 Å². The summed E-state index contributed by atoms with van der Waals surface area (Å²) in [5.41, 5.74) is 0.775. The fraction of sp³-hybridized carbons (Fsp3) is 0.136. The number of hydrogen-bond acceptors (Lipinski definition) is 4. The molecule has 0 aliphatic heterocycles. The predicted molar refractivity (Wildman–Crippen MR) is 105 cm³/mol. The zero-order valence-corrected chi connectivity index (χ0v) is 16.2. The fourth-order valence-corrected chi connectivity index (χ4v) is 2.99. The minimum atomic E-state index is -4.51. The maximum atomic E-state index is 12.7. The zero-order chi connectivity index (χ0) is 21.8. The van der Waals surface area contributed by atoms with E-state index >= 15 is 0 Å². The first-order valence-corrected chi connectivity index (χ1v) is 9.34. The van der Waals surface area contributed by atoms with E-state index in [1.54, 1.807) is 6.20 Å². The van der Waals surface area contributed by atoms with Crippen molar-refractivity contribution in [1.29, 1.82) is 0 Å². The van der Waals surface area contributed by atoms with E-state index in [1.165, 1.54) is 30.5 Å². The highest BCUT2D eigenvalue weighted by atomic mass is 19.4. The Hall–Kier alpha value is -3.88. The topological polar surface area (TPSA) is 61.9 Å². The smallest absolute Gasteiger partial charge is 0.435 e. The Bertz CT molecular complexity index is 1170. The molecule has 0 atom stereocenters. The number of hydrogen-bond donors (Lipinski definition) is 0. The first-order chi connectivity index (χ1) is 14.9. The van der Waals surface area contributed by atoms with E-state index < -0.39 is 17.8 Å². The number of esters is 1. The van der Waals surface area contributed by atoms with Gasteiger partial charge in [0.1, 0.15) is 12.4 Å². The maximum absolute atomic E-state index is 12.7. The number of carbonyl (C=O) groups excluding carboxylic acids is 1. The predicted octanol–water partition coefficient (Wildman–Crippen LogP) is 4.49. The van der Waals surface area contributed by atoms with Crippen LogP contribution in [0.2, 0.25) is 0 Å². The zero-order valence-electron chi connectivity index (χ0n) is 16.2. The van der Waals surface area contributed by atoms with Crippen molar-refractivity contribution >= 4 is 5.97 Å². The van der Waals surface area contributed by atoms with Gasteiger partial charge in [-0.15, -0.1) is 0 Å². The van der Waals surface area contributed by atoms with E-state index in [1.807, 2.05) is 41.1 Å². The average Bonchev–Trinajstić information content (AvgIpc) is 3.43. The van der Waals surface area contributed by atoms with E-state index in [9.17, 15) is 18.0 Å². The second kappa shape index (κ2) is 8.47. The van der Waals surface area contributed by atoms with Gasteiger partial charge in [-0.25, -0.2) is 14.5 Å². The number of benzene rings is 2. The van der Waals surface area contributed by atoms with Gasteiger partial charge >= 0.3 is 12.1 Å². The third-order valence-corrected chi connectivity index (χ3v) is 4.58. The number of aromatic nitrogens is 4. The lowest BCUT2D eigenvalue weighted by Crippen LogP contribution is -2.10. The van der Waals surface area contributed by atoms with E-state index in [0.29, 0.717) is 18.1 Å². The van der Waals surface area contributed by atoms with Gasteiger partial charge in [0.25, 0.3) is 0 Å². The summed E-state index contributed by atoms with van der Waals surface area (Å²) in [7, 11) is 0. The highest BCUT2D eigenvalue weighted by Crippen LogP contribution is 2.27. The minimum Gasteiger partial charge on any atom is -0.454 e. The van der Waals surface area contributed by atoms with Gasteiger partial charge in [-0.2, -0.15) is 18.3 Å². The number of carbonyl (C=O) groups is 1. The summed E-state index contributed by atoms with van der Waals surface area (Å²) in [6.07, 6.45) is 0.147. The summed E-state index contributed by atoms with van der Waals surface area (Å²) < 4.78 is 46.4. The second-order valence-corrected chi connectivity index (χ2v) is 6.72. The molecule has 9 heteroatoms. The molecule has 0 amide bonds. The van der Waals surface area contributed by atoms with Crippen LogP contribution in [-0.4, -0.2) is 25.3 Å². The van der Waals surface area contributed by atoms with Gasteiger partial charge in [0.05, 0.1) is 11.3 Å². The first-order valence-electron chi connectivity index (χ1n) is 9.34. The van der Waals surface area contributed by atoms with Crippen molar-refractivity contribution < 1.29 is 22.7 Å². The highest BCUT2D eigenvalue weighted by molar-refractivity contribution is 5.89. The van der Waals surface area contributed by atoms with Crippen LogP contribution in [0.5, 0.6) is 0 Å². The normalized spacial score (nSPS) is 11.5. The molecule has 2 aromatic heterocycles. The Morgan fingerprint density at radius 3 is 2.39 bits per heavy atom. The third kappa shape index (κ3) is 4.82. The summed E-state index contributed by atoms with van der Waals surface area (Å²) in [5, 5.41) is 3.50. The Morgan fingerprint density at radius 1 is 0.968 bits per heavy atom. The van der Waals surface area contributed by atoms with E-state index in [0.717, 1.165) is 16.3 Å². The maximum Gasteiger partial charge on any atom is 0.435 e. The largest absolute Gasteiger partial charge is 0.454 e. The Kier molecular flexibility index (Phi) is 5.57. The Labute approximate surface area is 175 Å². The molecule has 0 bridgehead atoms. The van der Waals surface area contributed by atoms with Gasteiger partial charge in [0, 0.05) is 25.1 Å². The fourth-order valence-electron chi connectivity index (χ4n) is 2.99. The van der Waals surface area contributed by atoms with Gasteiger partial charge in [-0.3, -0.25) is 0 Å². The lowest BCUT2D eigenvalue weighted by molar-refractivity contribution is -0.141. The molecule has 31 heavy (non-hydrogen) atoms. The number of halogens is 3. The second-order valence-electron chi connectivity index (χ2n) is 6.72. The number of alkyl halides is 3. The third-order valence-electron chi connectivity index (χ3n) is 4.58. The Morgan fingerprint density at radius 2 is 1.71 bits per heavy atom. The van der Waals surface area contributed by atoms with Crippen LogP contribution in [0, 0.1) is 0 Å². The summed E-state index contributed by atoms with van der Waals surface area (Å²) in [5.74, 6) is 0.0438. The van der Waals surface area contributed by atoms with E-state index in [4.69, 9.17) is 4.74 Å². The SMILES string of the molecule is O=C(OCc1nccn1Cc1ccccc1)c1ccc(-n2ccc(C(F)(F)F)n2)cc1. The molecule has 0 unspecified atom stereocenters. The standard InChI is InChI=1S/C22H17F3N4O2/c23-22(24,25)19-10-12-29(27-19)18-8-6-17(7-9-18)21(30)31-15-20-26-11-13-28(20)14-16-4-2-1-3-5-16/h1-13H,14-15H2. The molecule has 158 valence electrons. The quantitative estimate of drug-likeness (QED) is 0.426. The van der Waals surface area contributed by atoms with Crippen LogP contribution in [0.3, 0.4) is 0 Å². The van der Waals surface area contributed by atoms with E-state index in [2.05, 4.69) is 10.1 Å². The van der Waals surface area contributed by atoms with Crippen LogP contribution < -0.4 is 0 Å². The number of imidazole rings is 1. The molecule has 0 aliphatic carbocycles.